The monoisotopic (exact) mass is 261 g/mol. The van der Waals surface area contributed by atoms with Gasteiger partial charge in [0.1, 0.15) is 5.60 Å². The molecule has 2 heterocycles. The zero-order chi connectivity index (χ0) is 13.5. The average Bonchev–Trinajstić information content (AvgIpc) is 2.37. The van der Waals surface area contributed by atoms with Crippen molar-refractivity contribution < 1.29 is 4.74 Å². The van der Waals surface area contributed by atoms with Crippen molar-refractivity contribution in [3.63, 3.8) is 0 Å². The van der Waals surface area contributed by atoms with Crippen LogP contribution in [0.2, 0.25) is 0 Å². The van der Waals surface area contributed by atoms with Crippen molar-refractivity contribution in [3.8, 4) is 0 Å². The maximum atomic E-state index is 5.74. The molecule has 0 atom stereocenters. The van der Waals surface area contributed by atoms with Crippen LogP contribution in [0.4, 0.5) is 0 Å². The van der Waals surface area contributed by atoms with Crippen molar-refractivity contribution in [2.45, 2.75) is 57.6 Å². The Labute approximate surface area is 115 Å². The molecule has 19 heavy (non-hydrogen) atoms. The van der Waals surface area contributed by atoms with Gasteiger partial charge in [0.15, 0.2) is 5.82 Å². The highest BCUT2D eigenvalue weighted by Gasteiger charge is 2.42. The number of hydrogen-bond donors (Lipinski definition) is 1. The zero-order valence-electron chi connectivity index (χ0n) is 12.1. The summed E-state index contributed by atoms with van der Waals surface area (Å²) in [5.74, 6) is 1.36. The molecule has 0 bridgehead atoms. The quantitative estimate of drug-likeness (QED) is 0.906. The minimum Gasteiger partial charge on any atom is -0.370 e. The van der Waals surface area contributed by atoms with Gasteiger partial charge in [-0.15, -0.1) is 0 Å². The van der Waals surface area contributed by atoms with E-state index in [-0.39, 0.29) is 5.60 Å². The summed E-state index contributed by atoms with van der Waals surface area (Å²) in [7, 11) is 1.79. The number of ether oxygens (including phenoxy) is 1. The van der Waals surface area contributed by atoms with Crippen molar-refractivity contribution in [1.29, 1.82) is 0 Å². The van der Waals surface area contributed by atoms with E-state index >= 15 is 0 Å². The highest BCUT2D eigenvalue weighted by atomic mass is 16.5. The molecule has 1 aromatic rings. The number of nitrogens with one attached hydrogen (secondary N) is 1. The summed E-state index contributed by atoms with van der Waals surface area (Å²) in [6.07, 6.45) is 4.35. The van der Waals surface area contributed by atoms with Crippen molar-refractivity contribution in [3.05, 3.63) is 22.8 Å². The third-order valence-corrected chi connectivity index (χ3v) is 4.48. The predicted molar refractivity (Wildman–Crippen MR) is 74.1 cm³/mol. The highest BCUT2D eigenvalue weighted by Crippen LogP contribution is 2.43. The van der Waals surface area contributed by atoms with Gasteiger partial charge in [0, 0.05) is 13.7 Å². The van der Waals surface area contributed by atoms with E-state index in [1.165, 1.54) is 23.4 Å². The number of hydrogen-bond acceptors (Lipinski definition) is 4. The Balaban J connectivity index is 2.09. The smallest absolute Gasteiger partial charge is 0.160 e. The third kappa shape index (κ3) is 2.07. The van der Waals surface area contributed by atoms with Gasteiger partial charge >= 0.3 is 0 Å². The van der Waals surface area contributed by atoms with Gasteiger partial charge < -0.3 is 10.1 Å². The van der Waals surface area contributed by atoms with Crippen molar-refractivity contribution >= 4 is 0 Å². The molecule has 4 nitrogen and oxygen atoms in total. The molecule has 0 radical (unpaired) electrons. The molecule has 0 amide bonds. The van der Waals surface area contributed by atoms with E-state index in [0.717, 1.165) is 38.2 Å². The molecular weight excluding hydrogens is 238 g/mol. The van der Waals surface area contributed by atoms with Gasteiger partial charge in [-0.2, -0.15) is 0 Å². The van der Waals surface area contributed by atoms with E-state index in [1.807, 2.05) is 0 Å². The zero-order valence-corrected chi connectivity index (χ0v) is 12.1. The maximum absolute atomic E-state index is 5.74. The lowest BCUT2D eigenvalue weighted by Crippen LogP contribution is -2.39. The highest BCUT2D eigenvalue weighted by molar-refractivity contribution is 5.32. The molecule has 104 valence electrons. The van der Waals surface area contributed by atoms with Crippen molar-refractivity contribution in [2.24, 2.45) is 0 Å². The fourth-order valence-electron chi connectivity index (χ4n) is 3.09. The Bertz CT molecular complexity index is 475. The van der Waals surface area contributed by atoms with Crippen LogP contribution < -0.4 is 5.32 Å². The van der Waals surface area contributed by atoms with Crippen LogP contribution in [0.15, 0.2) is 0 Å². The second-order valence-electron chi connectivity index (χ2n) is 5.99. The first-order chi connectivity index (χ1) is 9.16. The van der Waals surface area contributed by atoms with E-state index in [2.05, 4.69) is 19.2 Å². The van der Waals surface area contributed by atoms with Crippen molar-refractivity contribution in [2.75, 3.05) is 13.7 Å². The van der Waals surface area contributed by atoms with Gasteiger partial charge in [0.05, 0.1) is 11.4 Å². The Morgan fingerprint density at radius 1 is 1.26 bits per heavy atom. The summed E-state index contributed by atoms with van der Waals surface area (Å²) < 4.78 is 5.74. The van der Waals surface area contributed by atoms with Crippen LogP contribution >= 0.6 is 0 Å². The number of aromatic nitrogens is 2. The second kappa shape index (κ2) is 4.84. The Kier molecular flexibility index (Phi) is 3.31. The lowest BCUT2D eigenvalue weighted by molar-refractivity contribution is -0.0850. The van der Waals surface area contributed by atoms with E-state index in [9.17, 15) is 0 Å². The lowest BCUT2D eigenvalue weighted by atomic mass is 9.79. The molecule has 1 fully saturated rings. The van der Waals surface area contributed by atoms with Crippen molar-refractivity contribution in [1.82, 2.24) is 15.3 Å². The van der Waals surface area contributed by atoms with Gasteiger partial charge in [0.25, 0.3) is 0 Å². The molecule has 1 aromatic heterocycles. The summed E-state index contributed by atoms with van der Waals surface area (Å²) in [6.45, 7) is 6.33. The molecule has 0 spiro atoms. The van der Waals surface area contributed by atoms with E-state index in [1.54, 1.807) is 7.11 Å². The second-order valence-corrected chi connectivity index (χ2v) is 5.99. The largest absolute Gasteiger partial charge is 0.370 e. The first-order valence-electron chi connectivity index (χ1n) is 7.32. The standard InChI is InChI=1S/C15H23N3O/c1-10(2)13-11-5-8-16-9-12(11)17-14(18-13)15(19-3)6-4-7-15/h10,16H,4-9H2,1-3H3. The Morgan fingerprint density at radius 3 is 2.63 bits per heavy atom. The third-order valence-electron chi connectivity index (χ3n) is 4.48. The average molecular weight is 261 g/mol. The molecule has 3 rings (SSSR count). The molecule has 4 heteroatoms. The van der Waals surface area contributed by atoms with Crippen LogP contribution in [-0.4, -0.2) is 23.6 Å². The van der Waals surface area contributed by atoms with E-state index < -0.39 is 0 Å². The van der Waals surface area contributed by atoms with Crippen LogP contribution in [0.3, 0.4) is 0 Å². The molecule has 1 aliphatic heterocycles. The first kappa shape index (κ1) is 13.0. The minimum atomic E-state index is -0.212. The minimum absolute atomic E-state index is 0.212. The lowest BCUT2D eigenvalue weighted by Gasteiger charge is -2.39. The Morgan fingerprint density at radius 2 is 2.05 bits per heavy atom. The SMILES string of the molecule is COC1(c2nc3c(c(C(C)C)n2)CCNC3)CCC1. The summed E-state index contributed by atoms with van der Waals surface area (Å²) >= 11 is 0. The number of nitrogens with zero attached hydrogens (tertiary/aromatic N) is 2. The summed E-state index contributed by atoms with van der Waals surface area (Å²) in [5.41, 5.74) is 3.56. The first-order valence-corrected chi connectivity index (χ1v) is 7.32. The summed E-state index contributed by atoms with van der Waals surface area (Å²) in [4.78, 5) is 9.71. The Hall–Kier alpha value is -1.00. The van der Waals surface area contributed by atoms with E-state index in [0.29, 0.717) is 5.92 Å². The number of rotatable bonds is 3. The van der Waals surface area contributed by atoms with Crippen LogP contribution in [0.1, 0.15) is 61.8 Å². The maximum Gasteiger partial charge on any atom is 0.160 e. The van der Waals surface area contributed by atoms with Crippen LogP contribution in [-0.2, 0) is 23.3 Å². The summed E-state index contributed by atoms with van der Waals surface area (Å²) in [5, 5.41) is 3.41. The van der Waals surface area contributed by atoms with Gasteiger partial charge in [0.2, 0.25) is 0 Å². The molecule has 0 unspecified atom stereocenters. The molecule has 0 saturated heterocycles. The van der Waals surface area contributed by atoms with Gasteiger partial charge in [-0.3, -0.25) is 0 Å². The topological polar surface area (TPSA) is 47.0 Å². The fraction of sp³-hybridized carbons (Fsp3) is 0.733. The summed E-state index contributed by atoms with van der Waals surface area (Å²) in [6, 6.07) is 0. The number of methoxy groups -OCH3 is 1. The van der Waals surface area contributed by atoms with E-state index in [4.69, 9.17) is 14.7 Å². The fourth-order valence-corrected chi connectivity index (χ4v) is 3.09. The molecule has 1 N–H and O–H groups in total. The van der Waals surface area contributed by atoms with Gasteiger partial charge in [-0.25, -0.2) is 9.97 Å². The molecule has 2 aliphatic rings. The van der Waals surface area contributed by atoms with Gasteiger partial charge in [-0.1, -0.05) is 13.8 Å². The normalized spacial score (nSPS) is 21.1. The number of fused-ring (bicyclic) bond motifs is 1. The van der Waals surface area contributed by atoms with Crippen LogP contribution in [0, 0.1) is 0 Å². The molecular formula is C15H23N3O. The van der Waals surface area contributed by atoms with Gasteiger partial charge in [-0.05, 0) is 43.7 Å². The molecule has 1 aliphatic carbocycles. The molecule has 0 aromatic carbocycles. The van der Waals surface area contributed by atoms with Crippen LogP contribution in [0.5, 0.6) is 0 Å². The van der Waals surface area contributed by atoms with Crippen LogP contribution in [0.25, 0.3) is 0 Å². The predicted octanol–water partition coefficient (Wildman–Crippen LogP) is 2.27. The molecule has 1 saturated carbocycles.